The molecule has 0 fully saturated rings. The summed E-state index contributed by atoms with van der Waals surface area (Å²) in [5.41, 5.74) is 0.346. The Labute approximate surface area is 203 Å². The van der Waals surface area contributed by atoms with E-state index in [2.05, 4.69) is 10.3 Å². The Morgan fingerprint density at radius 1 is 1.12 bits per heavy atom. The largest absolute Gasteiger partial charge is 0.491 e. The third-order valence-corrected chi connectivity index (χ3v) is 6.87. The molecule has 0 bridgehead atoms. The van der Waals surface area contributed by atoms with Crippen molar-refractivity contribution < 1.29 is 28.3 Å². The van der Waals surface area contributed by atoms with Gasteiger partial charge in [-0.2, -0.15) is 0 Å². The van der Waals surface area contributed by atoms with Crippen molar-refractivity contribution in [1.82, 2.24) is 4.98 Å². The van der Waals surface area contributed by atoms with E-state index in [1.54, 1.807) is 48.8 Å². The quantitative estimate of drug-likeness (QED) is 0.309. The van der Waals surface area contributed by atoms with Crippen LogP contribution in [0.3, 0.4) is 0 Å². The van der Waals surface area contributed by atoms with Gasteiger partial charge in [0.1, 0.15) is 17.2 Å². The Kier molecular flexibility index (Phi) is 8.85. The van der Waals surface area contributed by atoms with Gasteiger partial charge in [-0.25, -0.2) is 4.98 Å². The van der Waals surface area contributed by atoms with Gasteiger partial charge in [-0.1, -0.05) is 13.3 Å². The fourth-order valence-corrected chi connectivity index (χ4v) is 4.92. The fourth-order valence-electron chi connectivity index (χ4n) is 3.16. The molecule has 10 heteroatoms. The van der Waals surface area contributed by atoms with Crippen LogP contribution >= 0.6 is 18.9 Å². The monoisotopic (exact) mass is 504 g/mol. The first-order chi connectivity index (χ1) is 16.2. The van der Waals surface area contributed by atoms with E-state index in [0.29, 0.717) is 34.4 Å². The molecule has 2 aromatic carbocycles. The number of carbonyl (C=O) groups is 1. The maximum absolute atomic E-state index is 12.7. The number of ether oxygens (including phenoxy) is 2. The lowest BCUT2D eigenvalue weighted by atomic mass is 10.2. The molecule has 2 atom stereocenters. The van der Waals surface area contributed by atoms with Crippen LogP contribution in [0, 0.1) is 0 Å². The van der Waals surface area contributed by atoms with Gasteiger partial charge in [0, 0.05) is 23.2 Å². The number of nitrogens with one attached hydrogen (secondary N) is 1. The van der Waals surface area contributed by atoms with Crippen LogP contribution < -0.4 is 20.1 Å². The van der Waals surface area contributed by atoms with E-state index < -0.39 is 7.60 Å². The highest BCUT2D eigenvalue weighted by Gasteiger charge is 2.25. The molecule has 0 spiro atoms. The van der Waals surface area contributed by atoms with E-state index in [1.165, 1.54) is 23.5 Å². The van der Waals surface area contributed by atoms with Gasteiger partial charge in [0.05, 0.1) is 17.5 Å². The van der Waals surface area contributed by atoms with Crippen molar-refractivity contribution in [1.29, 1.82) is 0 Å². The molecule has 3 rings (SSSR count). The normalized spacial score (nSPS) is 13.8. The lowest BCUT2D eigenvalue weighted by Gasteiger charge is -2.18. The molecule has 1 heterocycles. The first kappa shape index (κ1) is 25.9. The molecule has 34 heavy (non-hydrogen) atoms. The lowest BCUT2D eigenvalue weighted by Crippen LogP contribution is -2.13. The Bertz CT molecular complexity index is 1130. The molecule has 0 radical (unpaired) electrons. The number of anilines is 1. The van der Waals surface area contributed by atoms with Gasteiger partial charge >= 0.3 is 7.60 Å². The molecule has 0 saturated heterocycles. The minimum absolute atomic E-state index is 0.0989. The summed E-state index contributed by atoms with van der Waals surface area (Å²) in [6.07, 6.45) is 2.74. The molecule has 182 valence electrons. The van der Waals surface area contributed by atoms with Crippen molar-refractivity contribution in [2.24, 2.45) is 0 Å². The van der Waals surface area contributed by atoms with Gasteiger partial charge in [0.25, 0.3) is 5.91 Å². The first-order valence-corrected chi connectivity index (χ1v) is 13.4. The van der Waals surface area contributed by atoms with Crippen LogP contribution in [0.4, 0.5) is 5.13 Å². The minimum atomic E-state index is -3.94. The highest BCUT2D eigenvalue weighted by Crippen LogP contribution is 2.43. The summed E-state index contributed by atoms with van der Waals surface area (Å²) < 4.78 is 29.7. The molecule has 2 N–H and O–H groups in total. The van der Waals surface area contributed by atoms with E-state index in [4.69, 9.17) is 14.0 Å². The number of carbonyl (C=O) groups excluding carboxylic acids is 1. The maximum atomic E-state index is 12.7. The van der Waals surface area contributed by atoms with Gasteiger partial charge in [0.2, 0.25) is 0 Å². The summed E-state index contributed by atoms with van der Waals surface area (Å²) in [4.78, 5) is 27.1. The molecule has 2 unspecified atom stereocenters. The van der Waals surface area contributed by atoms with Gasteiger partial charge in [-0.05, 0) is 63.6 Å². The first-order valence-electron chi connectivity index (χ1n) is 11.0. The van der Waals surface area contributed by atoms with Crippen LogP contribution in [-0.4, -0.2) is 28.0 Å². The second kappa shape index (κ2) is 11.6. The molecular formula is C24H29N2O6PS. The Hall–Kier alpha value is -2.71. The van der Waals surface area contributed by atoms with Crippen molar-refractivity contribution >= 4 is 35.3 Å². The Morgan fingerprint density at radius 3 is 2.44 bits per heavy atom. The zero-order valence-corrected chi connectivity index (χ0v) is 21.3. The number of amides is 1. The number of aromatic nitrogens is 1. The molecule has 0 aliphatic rings. The second-order valence-corrected chi connectivity index (χ2v) is 10.6. The standard InChI is InChI=1S/C24H29N2O6PS/c1-5-6-17(4)32-33(28,29)22-9-7-19(8-10-22)31-21-14-18(13-20(15-21)30-16(2)3)23(27)26-24-25-11-12-34-24/h7-17H,5-6H2,1-4H3,(H,28,29)(H,25,26,27). The zero-order valence-electron chi connectivity index (χ0n) is 19.6. The third-order valence-electron chi connectivity index (χ3n) is 4.58. The number of nitrogens with zero attached hydrogens (tertiary/aromatic N) is 1. The second-order valence-electron chi connectivity index (χ2n) is 7.97. The Balaban J connectivity index is 1.79. The Morgan fingerprint density at radius 2 is 1.82 bits per heavy atom. The van der Waals surface area contributed by atoms with Crippen LogP contribution in [0.1, 0.15) is 50.9 Å². The highest BCUT2D eigenvalue weighted by atomic mass is 32.1. The van der Waals surface area contributed by atoms with Gasteiger partial charge in [-0.15, -0.1) is 11.3 Å². The van der Waals surface area contributed by atoms with Crippen molar-refractivity contribution in [3.05, 3.63) is 59.6 Å². The predicted octanol–water partition coefficient (Wildman–Crippen LogP) is 5.99. The van der Waals surface area contributed by atoms with Crippen molar-refractivity contribution in [2.75, 3.05) is 5.32 Å². The van der Waals surface area contributed by atoms with Crippen LogP contribution in [0.25, 0.3) is 0 Å². The van der Waals surface area contributed by atoms with Crippen LogP contribution in [-0.2, 0) is 9.09 Å². The maximum Gasteiger partial charge on any atom is 0.359 e. The van der Waals surface area contributed by atoms with Gasteiger partial charge in [0.15, 0.2) is 5.13 Å². The zero-order chi connectivity index (χ0) is 24.7. The topological polar surface area (TPSA) is 107 Å². The summed E-state index contributed by atoms with van der Waals surface area (Å²) in [5, 5.41) is 5.19. The molecule has 8 nitrogen and oxygen atoms in total. The van der Waals surface area contributed by atoms with Crippen LogP contribution in [0.2, 0.25) is 0 Å². The molecule has 0 aliphatic heterocycles. The third kappa shape index (κ3) is 7.40. The van der Waals surface area contributed by atoms with E-state index >= 15 is 0 Å². The molecule has 0 aliphatic carbocycles. The molecular weight excluding hydrogens is 475 g/mol. The number of hydrogen-bond donors (Lipinski definition) is 2. The van der Waals surface area contributed by atoms with E-state index in [9.17, 15) is 14.3 Å². The average Bonchev–Trinajstić information content (AvgIpc) is 3.26. The highest BCUT2D eigenvalue weighted by molar-refractivity contribution is 7.61. The van der Waals surface area contributed by atoms with Crippen molar-refractivity contribution in [3.63, 3.8) is 0 Å². The molecule has 1 amide bonds. The summed E-state index contributed by atoms with van der Waals surface area (Å²) >= 11 is 1.32. The van der Waals surface area contributed by atoms with Crippen molar-refractivity contribution in [3.8, 4) is 17.2 Å². The number of benzene rings is 2. The molecule has 3 aromatic rings. The molecule has 1 aromatic heterocycles. The lowest BCUT2D eigenvalue weighted by molar-refractivity contribution is 0.102. The fraction of sp³-hybridized carbons (Fsp3) is 0.333. The number of thiazole rings is 1. The van der Waals surface area contributed by atoms with E-state index in [0.717, 1.165) is 6.42 Å². The van der Waals surface area contributed by atoms with Crippen LogP contribution in [0.5, 0.6) is 17.2 Å². The van der Waals surface area contributed by atoms with Crippen molar-refractivity contribution in [2.45, 2.75) is 52.7 Å². The summed E-state index contributed by atoms with van der Waals surface area (Å²) in [6.45, 7) is 7.54. The minimum Gasteiger partial charge on any atom is -0.491 e. The van der Waals surface area contributed by atoms with Gasteiger partial charge in [-0.3, -0.25) is 14.7 Å². The van der Waals surface area contributed by atoms with Gasteiger partial charge < -0.3 is 18.9 Å². The number of rotatable bonds is 11. The number of hydrogen-bond acceptors (Lipinski definition) is 7. The average molecular weight is 505 g/mol. The smallest absolute Gasteiger partial charge is 0.359 e. The predicted molar refractivity (Wildman–Crippen MR) is 134 cm³/mol. The summed E-state index contributed by atoms with van der Waals surface area (Å²) in [7, 11) is -3.94. The summed E-state index contributed by atoms with van der Waals surface area (Å²) in [6, 6.07) is 11.1. The SMILES string of the molecule is CCCC(C)OP(=O)(O)c1ccc(Oc2cc(OC(C)C)cc(C(=O)Nc3nccs3)c2)cc1. The van der Waals surface area contributed by atoms with E-state index in [1.807, 2.05) is 20.8 Å². The van der Waals surface area contributed by atoms with E-state index in [-0.39, 0.29) is 23.4 Å². The van der Waals surface area contributed by atoms with Crippen LogP contribution in [0.15, 0.2) is 54.0 Å². The molecule has 0 saturated carbocycles. The summed E-state index contributed by atoms with van der Waals surface area (Å²) in [5.74, 6) is 0.948.